The summed E-state index contributed by atoms with van der Waals surface area (Å²) in [5.74, 6) is 0.920. The first-order valence-corrected chi connectivity index (χ1v) is 11.0. The molecule has 0 saturated carbocycles. The second-order valence-electron chi connectivity index (χ2n) is 8.17. The van der Waals surface area contributed by atoms with Gasteiger partial charge in [0.25, 0.3) is 11.8 Å². The van der Waals surface area contributed by atoms with Crippen LogP contribution in [0.1, 0.15) is 34.6 Å². The van der Waals surface area contributed by atoms with Crippen LogP contribution in [-0.2, 0) is 4.79 Å². The number of aromatic nitrogens is 2. The van der Waals surface area contributed by atoms with E-state index in [1.807, 2.05) is 32.0 Å². The Morgan fingerprint density at radius 2 is 1.67 bits per heavy atom. The van der Waals surface area contributed by atoms with E-state index in [4.69, 9.17) is 9.47 Å². The number of ether oxygens (including phenoxy) is 2. The summed E-state index contributed by atoms with van der Waals surface area (Å²) < 4.78 is 10.9. The van der Waals surface area contributed by atoms with Gasteiger partial charge in [-0.25, -0.2) is 9.97 Å². The molecule has 33 heavy (non-hydrogen) atoms. The van der Waals surface area contributed by atoms with Crippen molar-refractivity contribution in [2.45, 2.75) is 32.7 Å². The van der Waals surface area contributed by atoms with Crippen molar-refractivity contribution < 1.29 is 19.1 Å². The van der Waals surface area contributed by atoms with Crippen molar-refractivity contribution in [1.29, 1.82) is 0 Å². The fourth-order valence-electron chi connectivity index (χ4n) is 3.88. The SMILES string of the molecule is COc1ccccc1OCC(=O)N1CCC(NC(=O)c2ccc3nc(C)c(C)nc3c2)CC1. The number of hydrogen-bond acceptors (Lipinski definition) is 6. The molecule has 1 saturated heterocycles. The molecule has 4 rings (SSSR count). The van der Waals surface area contributed by atoms with E-state index in [0.717, 1.165) is 16.9 Å². The predicted molar refractivity (Wildman–Crippen MR) is 125 cm³/mol. The minimum absolute atomic E-state index is 0.0122. The number of fused-ring (bicyclic) bond motifs is 1. The Morgan fingerprint density at radius 3 is 2.36 bits per heavy atom. The third-order valence-corrected chi connectivity index (χ3v) is 5.94. The van der Waals surface area contributed by atoms with Gasteiger partial charge in [0.2, 0.25) is 0 Å². The molecule has 1 aliphatic heterocycles. The van der Waals surface area contributed by atoms with E-state index in [1.165, 1.54) is 0 Å². The molecule has 2 aromatic carbocycles. The Morgan fingerprint density at radius 1 is 1.00 bits per heavy atom. The van der Waals surface area contributed by atoms with Crippen LogP contribution in [0.5, 0.6) is 11.5 Å². The number of carbonyl (C=O) groups excluding carboxylic acids is 2. The number of piperidine rings is 1. The number of para-hydroxylation sites is 2. The molecule has 8 heteroatoms. The molecule has 1 fully saturated rings. The minimum atomic E-state index is -0.138. The van der Waals surface area contributed by atoms with Crippen molar-refractivity contribution >= 4 is 22.8 Å². The summed E-state index contributed by atoms with van der Waals surface area (Å²) in [7, 11) is 1.57. The van der Waals surface area contributed by atoms with Crippen LogP contribution in [0.4, 0.5) is 0 Å². The van der Waals surface area contributed by atoms with Crippen LogP contribution in [0.2, 0.25) is 0 Å². The van der Waals surface area contributed by atoms with Crippen LogP contribution in [0.15, 0.2) is 42.5 Å². The molecule has 172 valence electrons. The lowest BCUT2D eigenvalue weighted by Crippen LogP contribution is -2.47. The number of rotatable bonds is 6. The van der Waals surface area contributed by atoms with Crippen molar-refractivity contribution in [3.05, 3.63) is 59.4 Å². The number of hydrogen-bond donors (Lipinski definition) is 1. The average molecular weight is 449 g/mol. The van der Waals surface area contributed by atoms with Gasteiger partial charge in [0.05, 0.1) is 29.5 Å². The summed E-state index contributed by atoms with van der Waals surface area (Å²) in [6, 6.07) is 12.6. The van der Waals surface area contributed by atoms with Gasteiger partial charge in [0, 0.05) is 24.7 Å². The molecule has 1 N–H and O–H groups in total. The molecule has 8 nitrogen and oxygen atoms in total. The summed E-state index contributed by atoms with van der Waals surface area (Å²) in [5, 5.41) is 3.09. The number of methoxy groups -OCH3 is 1. The average Bonchev–Trinajstić information content (AvgIpc) is 2.83. The number of benzene rings is 2. The minimum Gasteiger partial charge on any atom is -0.493 e. The van der Waals surface area contributed by atoms with Gasteiger partial charge in [0.1, 0.15) is 0 Å². The molecule has 0 radical (unpaired) electrons. The van der Waals surface area contributed by atoms with Crippen molar-refractivity contribution in [2.24, 2.45) is 0 Å². The number of nitrogens with one attached hydrogen (secondary N) is 1. The smallest absolute Gasteiger partial charge is 0.260 e. The van der Waals surface area contributed by atoms with Crippen LogP contribution in [-0.4, -0.2) is 59.5 Å². The lowest BCUT2D eigenvalue weighted by atomic mass is 10.0. The van der Waals surface area contributed by atoms with Crippen molar-refractivity contribution in [2.75, 3.05) is 26.8 Å². The Hall–Kier alpha value is -3.68. The van der Waals surface area contributed by atoms with Crippen LogP contribution < -0.4 is 14.8 Å². The Kier molecular flexibility index (Phi) is 6.72. The molecule has 0 atom stereocenters. The lowest BCUT2D eigenvalue weighted by Gasteiger charge is -2.32. The maximum atomic E-state index is 12.8. The van der Waals surface area contributed by atoms with Gasteiger partial charge in [-0.3, -0.25) is 9.59 Å². The Labute approximate surface area is 192 Å². The molecule has 0 bridgehead atoms. The molecule has 1 aliphatic rings. The molecule has 0 unspecified atom stereocenters. The van der Waals surface area contributed by atoms with E-state index in [9.17, 15) is 9.59 Å². The molecular weight excluding hydrogens is 420 g/mol. The number of carbonyl (C=O) groups is 2. The van der Waals surface area contributed by atoms with Gasteiger partial charge in [-0.05, 0) is 57.0 Å². The van der Waals surface area contributed by atoms with E-state index >= 15 is 0 Å². The monoisotopic (exact) mass is 448 g/mol. The van der Waals surface area contributed by atoms with Crippen LogP contribution >= 0.6 is 0 Å². The zero-order chi connectivity index (χ0) is 23.4. The third kappa shape index (κ3) is 5.22. The van der Waals surface area contributed by atoms with Crippen molar-refractivity contribution in [1.82, 2.24) is 20.2 Å². The predicted octanol–water partition coefficient (Wildman–Crippen LogP) is 3.06. The summed E-state index contributed by atoms with van der Waals surface area (Å²) >= 11 is 0. The van der Waals surface area contributed by atoms with Gasteiger partial charge >= 0.3 is 0 Å². The molecule has 0 aliphatic carbocycles. The van der Waals surface area contributed by atoms with E-state index < -0.39 is 0 Å². The Bertz CT molecular complexity index is 1170. The largest absolute Gasteiger partial charge is 0.493 e. The van der Waals surface area contributed by atoms with Gasteiger partial charge in [-0.1, -0.05) is 12.1 Å². The normalized spacial score (nSPS) is 14.2. The van der Waals surface area contributed by atoms with Crippen LogP contribution in [0.25, 0.3) is 11.0 Å². The standard InChI is InChI=1S/C25H28N4O4/c1-16-17(2)27-21-14-18(8-9-20(21)26-16)25(31)28-19-10-12-29(13-11-19)24(30)15-33-23-7-5-4-6-22(23)32-3/h4-9,14,19H,10-13,15H2,1-3H3,(H,28,31). The first-order valence-electron chi connectivity index (χ1n) is 11.0. The van der Waals surface area contributed by atoms with Crippen LogP contribution in [0, 0.1) is 13.8 Å². The zero-order valence-corrected chi connectivity index (χ0v) is 19.1. The van der Waals surface area contributed by atoms with E-state index in [1.54, 1.807) is 36.3 Å². The third-order valence-electron chi connectivity index (χ3n) is 5.94. The molecule has 2 heterocycles. The van der Waals surface area contributed by atoms with Gasteiger partial charge in [0.15, 0.2) is 18.1 Å². The second-order valence-corrected chi connectivity index (χ2v) is 8.17. The fourth-order valence-corrected chi connectivity index (χ4v) is 3.88. The summed E-state index contributed by atoms with van der Waals surface area (Å²) in [6.07, 6.45) is 1.38. The summed E-state index contributed by atoms with van der Waals surface area (Å²) in [5.41, 5.74) is 3.78. The highest BCUT2D eigenvalue weighted by molar-refractivity contribution is 5.97. The maximum absolute atomic E-state index is 12.8. The topological polar surface area (TPSA) is 93.7 Å². The van der Waals surface area contributed by atoms with Crippen molar-refractivity contribution in [3.63, 3.8) is 0 Å². The van der Waals surface area contributed by atoms with Gasteiger partial charge in [-0.15, -0.1) is 0 Å². The maximum Gasteiger partial charge on any atom is 0.260 e. The summed E-state index contributed by atoms with van der Waals surface area (Å²) in [6.45, 7) is 4.92. The van der Waals surface area contributed by atoms with E-state index in [2.05, 4.69) is 15.3 Å². The first kappa shape index (κ1) is 22.5. The van der Waals surface area contributed by atoms with Crippen molar-refractivity contribution in [3.8, 4) is 11.5 Å². The summed E-state index contributed by atoms with van der Waals surface area (Å²) in [4.78, 5) is 36.2. The van der Waals surface area contributed by atoms with Gasteiger partial charge in [-0.2, -0.15) is 0 Å². The number of aryl methyl sites for hydroxylation is 2. The highest BCUT2D eigenvalue weighted by Gasteiger charge is 2.25. The van der Waals surface area contributed by atoms with Gasteiger partial charge < -0.3 is 19.7 Å². The molecule has 0 spiro atoms. The zero-order valence-electron chi connectivity index (χ0n) is 19.1. The molecular formula is C25H28N4O4. The number of likely N-dealkylation sites (tertiary alicyclic amines) is 1. The Balaban J connectivity index is 1.29. The highest BCUT2D eigenvalue weighted by Crippen LogP contribution is 2.26. The van der Waals surface area contributed by atoms with Crippen LogP contribution in [0.3, 0.4) is 0 Å². The molecule has 3 aromatic rings. The molecule has 1 aromatic heterocycles. The highest BCUT2D eigenvalue weighted by atomic mass is 16.5. The molecule has 2 amide bonds. The second kappa shape index (κ2) is 9.85. The van der Waals surface area contributed by atoms with E-state index in [-0.39, 0.29) is 24.5 Å². The number of amides is 2. The number of nitrogens with zero attached hydrogens (tertiary/aromatic N) is 3. The fraction of sp³-hybridized carbons (Fsp3) is 0.360. The first-order chi connectivity index (χ1) is 15.9. The van der Waals surface area contributed by atoms with E-state index in [0.29, 0.717) is 48.5 Å². The quantitative estimate of drug-likeness (QED) is 0.623. The lowest BCUT2D eigenvalue weighted by molar-refractivity contribution is -0.134.